The number of benzene rings is 1. The molecule has 27 heavy (non-hydrogen) atoms. The fraction of sp³-hybridized carbons (Fsp3) is 0.222. The molecular weight excluding hydrogens is 384 g/mol. The molecule has 9 heteroatoms. The maximum Gasteiger partial charge on any atom is 0.340 e. The first kappa shape index (κ1) is 19.1. The average molecular weight is 403 g/mol. The molecule has 0 atom stereocenters. The molecule has 0 saturated carbocycles. The normalized spacial score (nSPS) is 10.6. The molecule has 3 rings (SSSR count). The van der Waals surface area contributed by atoms with Crippen LogP contribution in [0.4, 0.5) is 5.00 Å². The van der Waals surface area contributed by atoms with Crippen molar-refractivity contribution in [2.24, 2.45) is 0 Å². The summed E-state index contributed by atoms with van der Waals surface area (Å²) in [4.78, 5) is 25.3. The Balaban J connectivity index is 1.67. The molecule has 140 valence electrons. The maximum absolute atomic E-state index is 12.4. The number of aromatic nitrogens is 3. The molecule has 1 amide bonds. The largest absolute Gasteiger partial charge is 0.465 e. The van der Waals surface area contributed by atoms with Crippen molar-refractivity contribution >= 4 is 40.0 Å². The summed E-state index contributed by atoms with van der Waals surface area (Å²) in [6, 6.07) is 11.4. The molecule has 7 nitrogen and oxygen atoms in total. The predicted octanol–water partition coefficient (Wildman–Crippen LogP) is 3.41. The summed E-state index contributed by atoms with van der Waals surface area (Å²) in [5, 5.41) is 11.9. The number of amides is 1. The zero-order valence-corrected chi connectivity index (χ0v) is 16.5. The fourth-order valence-electron chi connectivity index (χ4n) is 2.35. The zero-order chi connectivity index (χ0) is 19.2. The van der Waals surface area contributed by atoms with E-state index in [4.69, 9.17) is 4.74 Å². The highest BCUT2D eigenvalue weighted by Gasteiger charge is 2.18. The van der Waals surface area contributed by atoms with Crippen molar-refractivity contribution in [3.8, 4) is 5.69 Å². The fourth-order valence-corrected chi connectivity index (χ4v) is 4.08. The number of methoxy groups -OCH3 is 1. The Morgan fingerprint density at radius 2 is 2.07 bits per heavy atom. The van der Waals surface area contributed by atoms with Gasteiger partial charge in [0.05, 0.1) is 18.4 Å². The van der Waals surface area contributed by atoms with E-state index in [9.17, 15) is 9.59 Å². The molecule has 0 aliphatic heterocycles. The first-order valence-corrected chi connectivity index (χ1v) is 10.0. The van der Waals surface area contributed by atoms with Crippen LogP contribution in [0.25, 0.3) is 5.69 Å². The van der Waals surface area contributed by atoms with Gasteiger partial charge in [0.15, 0.2) is 5.16 Å². The van der Waals surface area contributed by atoms with Crippen LogP contribution in [-0.4, -0.2) is 39.5 Å². The minimum absolute atomic E-state index is 0.144. The standard InChI is InChI=1S/C18H18N4O3S2/c1-3-13-9-14(17(24)25-2)16(27-13)20-15(23)10-26-18-21-19-11-22(18)12-7-5-4-6-8-12/h4-9,11H,3,10H2,1-2H3,(H,20,23). The van der Waals surface area contributed by atoms with Gasteiger partial charge in [0.25, 0.3) is 0 Å². The number of thiophene rings is 1. The Labute approximate surface area is 164 Å². The van der Waals surface area contributed by atoms with E-state index in [0.717, 1.165) is 17.0 Å². The third-order valence-electron chi connectivity index (χ3n) is 3.67. The van der Waals surface area contributed by atoms with Gasteiger partial charge in [-0.3, -0.25) is 9.36 Å². The summed E-state index contributed by atoms with van der Waals surface area (Å²) < 4.78 is 6.61. The number of ether oxygens (including phenoxy) is 1. The van der Waals surface area contributed by atoms with E-state index in [1.807, 2.05) is 41.8 Å². The number of rotatable bonds is 7. The van der Waals surface area contributed by atoms with Gasteiger partial charge in [-0.15, -0.1) is 21.5 Å². The van der Waals surface area contributed by atoms with Gasteiger partial charge in [-0.05, 0) is 24.6 Å². The van der Waals surface area contributed by atoms with Gasteiger partial charge in [0.2, 0.25) is 5.91 Å². The molecule has 1 aromatic carbocycles. The summed E-state index contributed by atoms with van der Waals surface area (Å²) in [6.07, 6.45) is 2.39. The van der Waals surface area contributed by atoms with E-state index in [2.05, 4.69) is 15.5 Å². The van der Waals surface area contributed by atoms with Crippen molar-refractivity contribution < 1.29 is 14.3 Å². The van der Waals surface area contributed by atoms with Gasteiger partial charge in [0.1, 0.15) is 11.3 Å². The van der Waals surface area contributed by atoms with E-state index >= 15 is 0 Å². The zero-order valence-electron chi connectivity index (χ0n) is 14.8. The highest BCUT2D eigenvalue weighted by molar-refractivity contribution is 7.99. The van der Waals surface area contributed by atoms with Gasteiger partial charge in [-0.1, -0.05) is 36.9 Å². The van der Waals surface area contributed by atoms with Crippen LogP contribution in [0.2, 0.25) is 0 Å². The highest BCUT2D eigenvalue weighted by Crippen LogP contribution is 2.29. The quantitative estimate of drug-likeness (QED) is 0.481. The topological polar surface area (TPSA) is 86.1 Å². The molecule has 0 aliphatic carbocycles. The summed E-state index contributed by atoms with van der Waals surface area (Å²) in [5.41, 5.74) is 1.30. The van der Waals surface area contributed by atoms with E-state index in [0.29, 0.717) is 15.7 Å². The monoisotopic (exact) mass is 402 g/mol. The third kappa shape index (κ3) is 4.55. The number of carbonyl (C=O) groups is 2. The van der Waals surface area contributed by atoms with Crippen molar-refractivity contribution in [3.63, 3.8) is 0 Å². The lowest BCUT2D eigenvalue weighted by Crippen LogP contribution is -2.16. The van der Waals surface area contributed by atoms with Gasteiger partial charge in [0, 0.05) is 10.6 Å². The molecule has 0 unspecified atom stereocenters. The number of esters is 1. The number of nitrogens with one attached hydrogen (secondary N) is 1. The van der Waals surface area contributed by atoms with Crippen molar-refractivity contribution in [3.05, 3.63) is 53.2 Å². The van der Waals surface area contributed by atoms with Gasteiger partial charge >= 0.3 is 5.97 Å². The van der Waals surface area contributed by atoms with Gasteiger partial charge in [-0.25, -0.2) is 4.79 Å². The number of carbonyl (C=O) groups excluding carboxylic acids is 2. The lowest BCUT2D eigenvalue weighted by atomic mass is 10.2. The van der Waals surface area contributed by atoms with E-state index < -0.39 is 5.97 Å². The van der Waals surface area contributed by atoms with Crippen LogP contribution in [0.3, 0.4) is 0 Å². The minimum atomic E-state index is -0.460. The third-order valence-corrected chi connectivity index (χ3v) is 5.81. The summed E-state index contributed by atoms with van der Waals surface area (Å²) in [6.45, 7) is 1.99. The molecule has 1 N–H and O–H groups in total. The summed E-state index contributed by atoms with van der Waals surface area (Å²) in [5.74, 6) is -0.541. The first-order chi connectivity index (χ1) is 13.1. The number of hydrogen-bond acceptors (Lipinski definition) is 7. The average Bonchev–Trinajstić information content (AvgIpc) is 3.33. The Morgan fingerprint density at radius 1 is 1.30 bits per heavy atom. The molecule has 2 heterocycles. The summed E-state index contributed by atoms with van der Waals surface area (Å²) in [7, 11) is 1.32. The second kappa shape index (κ2) is 8.83. The second-order valence-corrected chi connectivity index (χ2v) is 7.54. The smallest absolute Gasteiger partial charge is 0.340 e. The maximum atomic E-state index is 12.4. The van der Waals surface area contributed by atoms with Crippen molar-refractivity contribution in [1.82, 2.24) is 14.8 Å². The number of thioether (sulfide) groups is 1. The molecule has 2 aromatic heterocycles. The lowest BCUT2D eigenvalue weighted by molar-refractivity contribution is -0.113. The Bertz CT molecular complexity index is 937. The molecule has 0 saturated heterocycles. The number of para-hydroxylation sites is 1. The summed E-state index contributed by atoms with van der Waals surface area (Å²) >= 11 is 2.65. The minimum Gasteiger partial charge on any atom is -0.465 e. The number of hydrogen-bond donors (Lipinski definition) is 1. The van der Waals surface area contributed by atoms with Crippen molar-refractivity contribution in [1.29, 1.82) is 0 Å². The SMILES string of the molecule is CCc1cc(C(=O)OC)c(NC(=O)CSc2nncn2-c2ccccc2)s1. The van der Waals surface area contributed by atoms with Crippen LogP contribution in [0, 0.1) is 0 Å². The molecule has 3 aromatic rings. The first-order valence-electron chi connectivity index (χ1n) is 8.21. The Morgan fingerprint density at radius 3 is 2.78 bits per heavy atom. The van der Waals surface area contributed by atoms with Crippen LogP contribution >= 0.6 is 23.1 Å². The molecule has 0 spiro atoms. The lowest BCUT2D eigenvalue weighted by Gasteiger charge is -2.07. The van der Waals surface area contributed by atoms with E-state index in [1.54, 1.807) is 12.4 Å². The van der Waals surface area contributed by atoms with Crippen LogP contribution < -0.4 is 5.32 Å². The second-order valence-electron chi connectivity index (χ2n) is 5.46. The van der Waals surface area contributed by atoms with Gasteiger partial charge in [-0.2, -0.15) is 0 Å². The Kier molecular flexibility index (Phi) is 6.25. The highest BCUT2D eigenvalue weighted by atomic mass is 32.2. The van der Waals surface area contributed by atoms with Crippen LogP contribution in [-0.2, 0) is 16.0 Å². The molecule has 0 radical (unpaired) electrons. The number of aryl methyl sites for hydroxylation is 1. The van der Waals surface area contributed by atoms with Crippen molar-refractivity contribution in [2.45, 2.75) is 18.5 Å². The molecule has 0 fully saturated rings. The molecule has 0 aliphatic rings. The van der Waals surface area contributed by atoms with E-state index in [1.165, 1.54) is 30.2 Å². The van der Waals surface area contributed by atoms with E-state index in [-0.39, 0.29) is 11.7 Å². The van der Waals surface area contributed by atoms with Crippen LogP contribution in [0.5, 0.6) is 0 Å². The molecule has 0 bridgehead atoms. The van der Waals surface area contributed by atoms with Crippen LogP contribution in [0.15, 0.2) is 47.9 Å². The molecular formula is C18H18N4O3S2. The number of anilines is 1. The van der Waals surface area contributed by atoms with Crippen molar-refractivity contribution in [2.75, 3.05) is 18.2 Å². The number of nitrogens with zero attached hydrogens (tertiary/aromatic N) is 3. The van der Waals surface area contributed by atoms with Gasteiger partial charge < -0.3 is 10.1 Å². The predicted molar refractivity (Wildman–Crippen MR) is 106 cm³/mol. The van der Waals surface area contributed by atoms with Crippen LogP contribution in [0.1, 0.15) is 22.2 Å². The Hall–Kier alpha value is -2.65.